The molecule has 0 bridgehead atoms. The van der Waals surface area contributed by atoms with Crippen molar-refractivity contribution < 1.29 is 14.4 Å². The van der Waals surface area contributed by atoms with Gasteiger partial charge in [0.1, 0.15) is 12.4 Å². The summed E-state index contributed by atoms with van der Waals surface area (Å²) in [5.41, 5.74) is -0.194. The SMILES string of the molecule is CCc1nc(NC2CCCC2)c([N+](=O)[O-])c(OCCOC)n1. The molecule has 1 fully saturated rings. The number of hydrogen-bond donors (Lipinski definition) is 1. The molecule has 0 aliphatic heterocycles. The molecule has 1 N–H and O–H groups in total. The molecule has 0 saturated heterocycles. The lowest BCUT2D eigenvalue weighted by Gasteiger charge is -2.15. The Morgan fingerprint density at radius 3 is 2.64 bits per heavy atom. The number of rotatable bonds is 8. The Morgan fingerprint density at radius 2 is 2.05 bits per heavy atom. The van der Waals surface area contributed by atoms with Crippen LogP contribution in [0.5, 0.6) is 5.88 Å². The van der Waals surface area contributed by atoms with Crippen LogP contribution < -0.4 is 10.1 Å². The molecule has 0 aromatic carbocycles. The van der Waals surface area contributed by atoms with Gasteiger partial charge in [-0.25, -0.2) is 4.98 Å². The molecule has 1 aromatic heterocycles. The molecule has 0 radical (unpaired) electrons. The lowest BCUT2D eigenvalue weighted by molar-refractivity contribution is -0.385. The van der Waals surface area contributed by atoms with Gasteiger partial charge in [0.2, 0.25) is 5.82 Å². The Bertz CT molecular complexity index is 518. The Labute approximate surface area is 129 Å². The molecule has 22 heavy (non-hydrogen) atoms. The van der Waals surface area contributed by atoms with Crippen molar-refractivity contribution in [3.63, 3.8) is 0 Å². The number of aryl methyl sites for hydroxylation is 1. The molecule has 0 atom stereocenters. The maximum Gasteiger partial charge on any atom is 0.372 e. The molecule has 8 heteroatoms. The summed E-state index contributed by atoms with van der Waals surface area (Å²) >= 11 is 0. The molecular weight excluding hydrogens is 288 g/mol. The van der Waals surface area contributed by atoms with E-state index in [2.05, 4.69) is 15.3 Å². The predicted octanol–water partition coefficient (Wildman–Crippen LogP) is 2.33. The van der Waals surface area contributed by atoms with Crippen molar-refractivity contribution in [2.24, 2.45) is 0 Å². The average molecular weight is 310 g/mol. The second kappa shape index (κ2) is 7.88. The summed E-state index contributed by atoms with van der Waals surface area (Å²) in [4.78, 5) is 19.4. The molecule has 8 nitrogen and oxygen atoms in total. The van der Waals surface area contributed by atoms with Gasteiger partial charge in [-0.1, -0.05) is 19.8 Å². The van der Waals surface area contributed by atoms with Gasteiger partial charge in [-0.15, -0.1) is 0 Å². The van der Waals surface area contributed by atoms with Crippen molar-refractivity contribution in [1.29, 1.82) is 0 Å². The number of hydrogen-bond acceptors (Lipinski definition) is 7. The number of ether oxygens (including phenoxy) is 2. The van der Waals surface area contributed by atoms with Gasteiger partial charge in [0, 0.05) is 19.6 Å². The van der Waals surface area contributed by atoms with Crippen molar-refractivity contribution in [3.05, 3.63) is 15.9 Å². The topological polar surface area (TPSA) is 99.4 Å². The van der Waals surface area contributed by atoms with E-state index in [0.717, 1.165) is 25.7 Å². The maximum atomic E-state index is 11.4. The Kier molecular flexibility index (Phi) is 5.88. The highest BCUT2D eigenvalue weighted by Crippen LogP contribution is 2.34. The number of aromatic nitrogens is 2. The smallest absolute Gasteiger partial charge is 0.372 e. The average Bonchev–Trinajstić information content (AvgIpc) is 2.99. The van der Waals surface area contributed by atoms with Crippen LogP contribution in [0.3, 0.4) is 0 Å². The van der Waals surface area contributed by atoms with Crippen LogP contribution in [0.1, 0.15) is 38.4 Å². The summed E-state index contributed by atoms with van der Waals surface area (Å²) in [5, 5.41) is 14.6. The molecule has 1 saturated carbocycles. The highest BCUT2D eigenvalue weighted by Gasteiger charge is 2.28. The fourth-order valence-corrected chi connectivity index (χ4v) is 2.49. The minimum absolute atomic E-state index is 0.00870. The molecule has 122 valence electrons. The molecule has 1 heterocycles. The zero-order valence-electron chi connectivity index (χ0n) is 13.0. The predicted molar refractivity (Wildman–Crippen MR) is 81.3 cm³/mol. The molecule has 0 amide bonds. The van der Waals surface area contributed by atoms with Crippen LogP contribution in [0.15, 0.2) is 0 Å². The van der Waals surface area contributed by atoms with E-state index in [-0.39, 0.29) is 30.0 Å². The van der Waals surface area contributed by atoms with E-state index < -0.39 is 4.92 Å². The van der Waals surface area contributed by atoms with Gasteiger partial charge in [-0.3, -0.25) is 10.1 Å². The third-order valence-corrected chi connectivity index (χ3v) is 3.62. The van der Waals surface area contributed by atoms with E-state index in [9.17, 15) is 10.1 Å². The van der Waals surface area contributed by atoms with Crippen LogP contribution in [0.2, 0.25) is 0 Å². The van der Waals surface area contributed by atoms with Crippen LogP contribution in [0.4, 0.5) is 11.5 Å². The van der Waals surface area contributed by atoms with Gasteiger partial charge in [-0.2, -0.15) is 4.98 Å². The van der Waals surface area contributed by atoms with Gasteiger partial charge in [-0.05, 0) is 12.8 Å². The van der Waals surface area contributed by atoms with Crippen molar-refractivity contribution in [2.75, 3.05) is 25.6 Å². The van der Waals surface area contributed by atoms with E-state index in [1.54, 1.807) is 7.11 Å². The first-order chi connectivity index (χ1) is 10.7. The van der Waals surface area contributed by atoms with Crippen LogP contribution in [0.25, 0.3) is 0 Å². The van der Waals surface area contributed by atoms with Gasteiger partial charge in [0.15, 0.2) is 0 Å². The minimum atomic E-state index is -0.487. The Morgan fingerprint density at radius 1 is 1.32 bits per heavy atom. The first kappa shape index (κ1) is 16.4. The fraction of sp³-hybridized carbons (Fsp3) is 0.714. The van der Waals surface area contributed by atoms with Crippen molar-refractivity contribution in [2.45, 2.75) is 45.1 Å². The number of nitrogens with one attached hydrogen (secondary N) is 1. The van der Waals surface area contributed by atoms with Crippen LogP contribution >= 0.6 is 0 Å². The summed E-state index contributed by atoms with van der Waals surface area (Å²) in [7, 11) is 1.54. The first-order valence-electron chi connectivity index (χ1n) is 7.59. The molecular formula is C14H22N4O4. The monoisotopic (exact) mass is 310 g/mol. The molecule has 1 aromatic rings. The molecule has 0 unspecified atom stereocenters. The summed E-state index contributed by atoms with van der Waals surface area (Å²) in [5.74, 6) is 0.795. The molecule has 1 aliphatic rings. The second-order valence-electron chi connectivity index (χ2n) is 5.22. The third kappa shape index (κ3) is 4.03. The van der Waals surface area contributed by atoms with Gasteiger partial charge in [0.25, 0.3) is 5.88 Å². The zero-order valence-corrected chi connectivity index (χ0v) is 13.0. The summed E-state index contributed by atoms with van der Waals surface area (Å²) in [6, 6.07) is 0.227. The zero-order chi connectivity index (χ0) is 15.9. The van der Waals surface area contributed by atoms with Crippen LogP contribution in [-0.2, 0) is 11.2 Å². The summed E-state index contributed by atoms with van der Waals surface area (Å²) in [6.45, 7) is 2.45. The molecule has 0 spiro atoms. The number of nitrogens with zero attached hydrogens (tertiary/aromatic N) is 3. The normalized spacial score (nSPS) is 15.0. The molecule has 2 rings (SSSR count). The highest BCUT2D eigenvalue weighted by molar-refractivity contribution is 5.62. The van der Waals surface area contributed by atoms with Crippen LogP contribution in [-0.4, -0.2) is 41.3 Å². The second-order valence-corrected chi connectivity index (χ2v) is 5.22. The first-order valence-corrected chi connectivity index (χ1v) is 7.59. The van der Waals surface area contributed by atoms with Crippen molar-refractivity contribution in [3.8, 4) is 5.88 Å². The van der Waals surface area contributed by atoms with E-state index >= 15 is 0 Å². The standard InChI is InChI=1S/C14H22N4O4/c1-3-11-16-13(15-10-6-4-5-7-10)12(18(19)20)14(17-11)22-9-8-21-2/h10H,3-9H2,1-2H3,(H,15,16,17). The molecule has 1 aliphatic carbocycles. The van der Waals surface area contributed by atoms with Gasteiger partial charge < -0.3 is 14.8 Å². The lowest BCUT2D eigenvalue weighted by Crippen LogP contribution is -2.19. The van der Waals surface area contributed by atoms with Gasteiger partial charge >= 0.3 is 5.69 Å². The summed E-state index contributed by atoms with van der Waals surface area (Å²) in [6.07, 6.45) is 4.85. The van der Waals surface area contributed by atoms with Crippen LogP contribution in [0, 0.1) is 10.1 Å². The highest BCUT2D eigenvalue weighted by atomic mass is 16.6. The Hall–Kier alpha value is -1.96. The van der Waals surface area contributed by atoms with E-state index in [1.165, 1.54) is 0 Å². The minimum Gasteiger partial charge on any atom is -0.470 e. The maximum absolute atomic E-state index is 11.4. The van der Waals surface area contributed by atoms with Gasteiger partial charge in [0.05, 0.1) is 11.5 Å². The fourth-order valence-electron chi connectivity index (χ4n) is 2.49. The van der Waals surface area contributed by atoms with Crippen molar-refractivity contribution in [1.82, 2.24) is 9.97 Å². The number of anilines is 1. The lowest BCUT2D eigenvalue weighted by atomic mass is 10.2. The van der Waals surface area contributed by atoms with E-state index in [4.69, 9.17) is 9.47 Å². The largest absolute Gasteiger partial charge is 0.470 e. The number of methoxy groups -OCH3 is 1. The number of nitro groups is 1. The summed E-state index contributed by atoms with van der Waals surface area (Å²) < 4.78 is 10.3. The Balaban J connectivity index is 2.30. The van der Waals surface area contributed by atoms with E-state index in [1.807, 2.05) is 6.92 Å². The quantitative estimate of drug-likeness (QED) is 0.447. The third-order valence-electron chi connectivity index (χ3n) is 3.62. The van der Waals surface area contributed by atoms with Crippen molar-refractivity contribution >= 4 is 11.5 Å². The van der Waals surface area contributed by atoms with E-state index in [0.29, 0.717) is 18.9 Å².